The second-order valence-electron chi connectivity index (χ2n) is 5.43. The molecular weight excluding hydrogens is 307 g/mol. The Morgan fingerprint density at radius 2 is 1.96 bits per heavy atom. The molecule has 0 saturated heterocycles. The van der Waals surface area contributed by atoms with Gasteiger partial charge in [-0.1, -0.05) is 12.1 Å². The van der Waals surface area contributed by atoms with Crippen LogP contribution in [0.3, 0.4) is 0 Å². The first-order valence-corrected chi connectivity index (χ1v) is 7.20. The first-order chi connectivity index (χ1) is 10.9. The number of amides is 1. The van der Waals surface area contributed by atoms with Crippen molar-refractivity contribution in [1.29, 1.82) is 0 Å². The van der Waals surface area contributed by atoms with Crippen molar-refractivity contribution in [3.8, 4) is 0 Å². The van der Waals surface area contributed by atoms with E-state index >= 15 is 0 Å². The normalized spacial score (nSPS) is 14.6. The summed E-state index contributed by atoms with van der Waals surface area (Å²) in [5.74, 6) is -0.331. The average Bonchev–Trinajstić information content (AvgIpc) is 3.37. The van der Waals surface area contributed by atoms with Gasteiger partial charge < -0.3 is 5.32 Å². The van der Waals surface area contributed by atoms with Crippen molar-refractivity contribution in [3.05, 3.63) is 59.2 Å². The second kappa shape index (κ2) is 5.98. The number of rotatable bonds is 4. The number of hydrogen-bond donors (Lipinski definition) is 1. The highest BCUT2D eigenvalue weighted by Gasteiger charge is 2.34. The van der Waals surface area contributed by atoms with Crippen molar-refractivity contribution in [2.45, 2.75) is 31.5 Å². The van der Waals surface area contributed by atoms with E-state index in [0.717, 1.165) is 30.7 Å². The molecule has 1 amide bonds. The van der Waals surface area contributed by atoms with Crippen LogP contribution in [-0.4, -0.2) is 15.9 Å². The minimum atomic E-state index is -4.57. The maximum absolute atomic E-state index is 12.9. The average molecular weight is 321 g/mol. The van der Waals surface area contributed by atoms with Crippen LogP contribution in [0, 0.1) is 0 Å². The molecule has 3 rings (SSSR count). The molecule has 0 aliphatic heterocycles. The van der Waals surface area contributed by atoms with Crippen molar-refractivity contribution >= 4 is 5.91 Å². The molecule has 1 aliphatic carbocycles. The Morgan fingerprint density at radius 1 is 1.22 bits per heavy atom. The van der Waals surface area contributed by atoms with Gasteiger partial charge in [0.15, 0.2) is 0 Å². The van der Waals surface area contributed by atoms with Crippen molar-refractivity contribution in [2.75, 3.05) is 0 Å². The van der Waals surface area contributed by atoms with Gasteiger partial charge in [0.1, 0.15) is 6.33 Å². The number of carbonyl (C=O) groups excluding carboxylic acids is 1. The van der Waals surface area contributed by atoms with Crippen LogP contribution in [0.2, 0.25) is 0 Å². The Morgan fingerprint density at radius 3 is 2.65 bits per heavy atom. The van der Waals surface area contributed by atoms with Crippen LogP contribution in [0.4, 0.5) is 13.2 Å². The van der Waals surface area contributed by atoms with Crippen LogP contribution in [0.1, 0.15) is 46.1 Å². The van der Waals surface area contributed by atoms with Crippen molar-refractivity contribution in [1.82, 2.24) is 15.3 Å². The molecule has 0 atom stereocenters. The zero-order valence-corrected chi connectivity index (χ0v) is 12.1. The van der Waals surface area contributed by atoms with E-state index in [1.165, 1.54) is 18.5 Å². The van der Waals surface area contributed by atoms with E-state index in [2.05, 4.69) is 15.3 Å². The van der Waals surface area contributed by atoms with Gasteiger partial charge in [-0.05, 0) is 31.0 Å². The zero-order chi connectivity index (χ0) is 16.4. The predicted molar refractivity (Wildman–Crippen MR) is 76.6 cm³/mol. The summed E-state index contributed by atoms with van der Waals surface area (Å²) in [5.41, 5.74) is 0.162. The maximum Gasteiger partial charge on any atom is 0.417 e. The first-order valence-electron chi connectivity index (χ1n) is 7.20. The van der Waals surface area contributed by atoms with E-state index in [0.29, 0.717) is 11.6 Å². The van der Waals surface area contributed by atoms with Crippen LogP contribution in [-0.2, 0) is 12.7 Å². The third-order valence-corrected chi connectivity index (χ3v) is 3.65. The number of hydrogen-bond acceptors (Lipinski definition) is 3. The molecule has 1 fully saturated rings. The van der Waals surface area contributed by atoms with E-state index in [-0.39, 0.29) is 6.54 Å². The lowest BCUT2D eigenvalue weighted by Gasteiger charge is -2.12. The fraction of sp³-hybridized carbons (Fsp3) is 0.312. The fourth-order valence-corrected chi connectivity index (χ4v) is 2.31. The predicted octanol–water partition coefficient (Wildman–Crippen LogP) is 3.30. The van der Waals surface area contributed by atoms with Gasteiger partial charge in [0.05, 0.1) is 23.4 Å². The van der Waals surface area contributed by atoms with E-state index < -0.39 is 23.2 Å². The van der Waals surface area contributed by atoms with Crippen molar-refractivity contribution in [2.24, 2.45) is 0 Å². The smallest absolute Gasteiger partial charge is 0.346 e. The highest BCUT2D eigenvalue weighted by atomic mass is 19.4. The zero-order valence-electron chi connectivity index (χ0n) is 12.1. The summed E-state index contributed by atoms with van der Waals surface area (Å²) in [4.78, 5) is 20.3. The molecule has 120 valence electrons. The molecule has 7 heteroatoms. The molecule has 4 nitrogen and oxygen atoms in total. The van der Waals surface area contributed by atoms with Crippen molar-refractivity contribution in [3.63, 3.8) is 0 Å². The molecule has 23 heavy (non-hydrogen) atoms. The summed E-state index contributed by atoms with van der Waals surface area (Å²) in [7, 11) is 0. The molecule has 1 aromatic heterocycles. The van der Waals surface area contributed by atoms with Crippen LogP contribution >= 0.6 is 0 Å². The lowest BCUT2D eigenvalue weighted by atomic mass is 10.1. The van der Waals surface area contributed by atoms with Gasteiger partial charge >= 0.3 is 6.18 Å². The number of nitrogens with zero attached hydrogens (tertiary/aromatic N) is 2. The Balaban J connectivity index is 1.72. The van der Waals surface area contributed by atoms with Gasteiger partial charge in [-0.25, -0.2) is 9.97 Å². The monoisotopic (exact) mass is 321 g/mol. The quantitative estimate of drug-likeness (QED) is 0.940. The second-order valence-corrected chi connectivity index (χ2v) is 5.43. The third-order valence-electron chi connectivity index (χ3n) is 3.65. The number of nitrogens with one attached hydrogen (secondary N) is 1. The van der Waals surface area contributed by atoms with Crippen LogP contribution in [0.5, 0.6) is 0 Å². The molecule has 2 aromatic rings. The van der Waals surface area contributed by atoms with Gasteiger partial charge in [-0.2, -0.15) is 13.2 Å². The largest absolute Gasteiger partial charge is 0.417 e. The van der Waals surface area contributed by atoms with Crippen LogP contribution in [0.15, 0.2) is 36.7 Å². The van der Waals surface area contributed by atoms with Crippen molar-refractivity contribution < 1.29 is 18.0 Å². The van der Waals surface area contributed by atoms with Gasteiger partial charge in [0.2, 0.25) is 0 Å². The number of halogens is 3. The third kappa shape index (κ3) is 3.67. The number of alkyl halides is 3. The molecule has 0 radical (unpaired) electrons. The Bertz CT molecular complexity index is 727. The summed E-state index contributed by atoms with van der Waals surface area (Å²) >= 11 is 0. The van der Waals surface area contributed by atoms with Crippen LogP contribution < -0.4 is 5.32 Å². The Kier molecular flexibility index (Phi) is 4.02. The number of carbonyl (C=O) groups is 1. The standard InChI is InChI=1S/C16H14F3N3O/c17-16(18,19)13-4-2-1-3-12(13)15(23)20-8-11-7-14(10-5-6-10)22-9-21-11/h1-4,7,9-10H,5-6,8H2,(H,20,23). The molecule has 1 N–H and O–H groups in total. The van der Waals surface area contributed by atoms with Crippen LogP contribution in [0.25, 0.3) is 0 Å². The van der Waals surface area contributed by atoms with Gasteiger partial charge in [-0.15, -0.1) is 0 Å². The minimum absolute atomic E-state index is 0.0628. The topological polar surface area (TPSA) is 54.9 Å². The van der Waals surface area contributed by atoms with E-state index in [9.17, 15) is 18.0 Å². The SMILES string of the molecule is O=C(NCc1cc(C2CC2)ncn1)c1ccccc1C(F)(F)F. The molecule has 0 bridgehead atoms. The summed E-state index contributed by atoms with van der Waals surface area (Å²) in [6.07, 6.45) is -0.982. The highest BCUT2D eigenvalue weighted by Crippen LogP contribution is 2.38. The molecule has 1 heterocycles. The summed E-state index contributed by atoms with van der Waals surface area (Å²) in [5, 5.41) is 2.49. The molecule has 1 aliphatic rings. The Hall–Kier alpha value is -2.44. The fourth-order valence-electron chi connectivity index (χ4n) is 2.31. The molecule has 0 unspecified atom stereocenters. The Labute approximate surface area is 130 Å². The highest BCUT2D eigenvalue weighted by molar-refractivity contribution is 5.95. The molecule has 1 saturated carbocycles. The first kappa shape index (κ1) is 15.5. The molecule has 1 aromatic carbocycles. The maximum atomic E-state index is 12.9. The summed E-state index contributed by atoms with van der Waals surface area (Å²) in [6, 6.07) is 6.50. The van der Waals surface area contributed by atoms with Gasteiger partial charge in [0.25, 0.3) is 5.91 Å². The summed E-state index contributed by atoms with van der Waals surface area (Å²) < 4.78 is 38.8. The lowest BCUT2D eigenvalue weighted by molar-refractivity contribution is -0.137. The molecular formula is C16H14F3N3O. The molecule has 0 spiro atoms. The van der Waals surface area contributed by atoms with Gasteiger partial charge in [0, 0.05) is 11.6 Å². The number of benzene rings is 1. The lowest BCUT2D eigenvalue weighted by Crippen LogP contribution is -2.26. The van der Waals surface area contributed by atoms with E-state index in [1.54, 1.807) is 6.07 Å². The van der Waals surface area contributed by atoms with E-state index in [4.69, 9.17) is 0 Å². The minimum Gasteiger partial charge on any atom is -0.346 e. The summed E-state index contributed by atoms with van der Waals surface area (Å²) in [6.45, 7) is 0.0628. The number of aromatic nitrogens is 2. The van der Waals surface area contributed by atoms with E-state index in [1.807, 2.05) is 0 Å². The van der Waals surface area contributed by atoms with Gasteiger partial charge in [-0.3, -0.25) is 4.79 Å².